The van der Waals surface area contributed by atoms with Crippen LogP contribution in [0.2, 0.25) is 0 Å². The normalized spacial score (nSPS) is 16.8. The van der Waals surface area contributed by atoms with Crippen molar-refractivity contribution in [3.05, 3.63) is 89.5 Å². The second kappa shape index (κ2) is 10.8. The van der Waals surface area contributed by atoms with Crippen LogP contribution in [0.5, 0.6) is 0 Å². The van der Waals surface area contributed by atoms with E-state index in [9.17, 15) is 22.8 Å². The topological polar surface area (TPSA) is 139 Å². The minimum atomic E-state index is -4.18. The summed E-state index contributed by atoms with van der Waals surface area (Å²) in [5, 5.41) is 5.26. The standard InChI is InChI=1S/C28H26N4O6S/c29-39(36,37)25-12-6-9-20-26(25)24(33)17-22(27(20)34)30-21-10-4-5-11-23(21)31-13-15-32(16-14-31)28(35)38-18-19-7-2-1-3-8-19/h1-12H,13-18H2,(H2,29,36,37). The van der Waals surface area contributed by atoms with E-state index in [1.807, 2.05) is 42.5 Å². The molecule has 3 aromatic rings. The van der Waals surface area contributed by atoms with Gasteiger partial charge in [-0.15, -0.1) is 0 Å². The van der Waals surface area contributed by atoms with E-state index in [0.29, 0.717) is 31.9 Å². The number of hydrogen-bond donors (Lipinski definition) is 1. The number of amides is 1. The molecule has 39 heavy (non-hydrogen) atoms. The van der Waals surface area contributed by atoms with Crippen LogP contribution in [0.15, 0.2) is 82.7 Å². The molecule has 1 amide bonds. The van der Waals surface area contributed by atoms with Gasteiger partial charge in [0.25, 0.3) is 0 Å². The van der Waals surface area contributed by atoms with Crippen LogP contribution in [0.3, 0.4) is 0 Å². The number of ketones is 2. The fourth-order valence-electron chi connectivity index (χ4n) is 4.72. The Morgan fingerprint density at radius 3 is 2.31 bits per heavy atom. The maximum atomic E-state index is 13.2. The summed E-state index contributed by atoms with van der Waals surface area (Å²) in [6, 6.07) is 20.7. The van der Waals surface area contributed by atoms with Gasteiger partial charge in [0.15, 0.2) is 5.78 Å². The highest BCUT2D eigenvalue weighted by molar-refractivity contribution is 7.89. The summed E-state index contributed by atoms with van der Waals surface area (Å²) >= 11 is 0. The number of carbonyl (C=O) groups excluding carboxylic acids is 3. The average molecular weight is 547 g/mol. The number of anilines is 1. The predicted octanol–water partition coefficient (Wildman–Crippen LogP) is 3.33. The van der Waals surface area contributed by atoms with Crippen LogP contribution in [0.4, 0.5) is 16.2 Å². The van der Waals surface area contributed by atoms with Gasteiger partial charge in [0.05, 0.1) is 28.4 Å². The van der Waals surface area contributed by atoms with Crippen LogP contribution in [-0.4, -0.2) is 62.9 Å². The summed E-state index contributed by atoms with van der Waals surface area (Å²) in [6.07, 6.45) is -0.718. The van der Waals surface area contributed by atoms with Crippen molar-refractivity contribution in [1.82, 2.24) is 4.90 Å². The number of nitrogens with two attached hydrogens (primary N) is 1. The van der Waals surface area contributed by atoms with Gasteiger partial charge in [-0.2, -0.15) is 0 Å². The Morgan fingerprint density at radius 1 is 0.897 bits per heavy atom. The zero-order valence-corrected chi connectivity index (χ0v) is 21.8. The summed E-state index contributed by atoms with van der Waals surface area (Å²) < 4.78 is 29.4. The molecule has 1 aliphatic heterocycles. The first-order chi connectivity index (χ1) is 18.7. The number of para-hydroxylation sites is 2. The minimum absolute atomic E-state index is 0.0228. The Morgan fingerprint density at radius 2 is 1.59 bits per heavy atom. The van der Waals surface area contributed by atoms with Gasteiger partial charge in [-0.3, -0.25) is 9.59 Å². The van der Waals surface area contributed by atoms with Gasteiger partial charge in [-0.25, -0.2) is 23.3 Å². The third-order valence-electron chi connectivity index (χ3n) is 6.67. The fourth-order valence-corrected chi connectivity index (χ4v) is 5.50. The molecule has 11 heteroatoms. The third-order valence-corrected chi connectivity index (χ3v) is 7.62. The third kappa shape index (κ3) is 5.59. The number of hydrogen-bond acceptors (Lipinski definition) is 8. The van der Waals surface area contributed by atoms with Crippen LogP contribution < -0.4 is 10.0 Å². The number of fused-ring (bicyclic) bond motifs is 1. The van der Waals surface area contributed by atoms with Crippen molar-refractivity contribution < 1.29 is 27.5 Å². The SMILES string of the molecule is NS(=O)(=O)c1cccc2c1C(=O)CC(=Nc1ccccc1N1CCN(C(=O)OCc3ccccc3)CC1)C2=O. The van der Waals surface area contributed by atoms with Gasteiger partial charge in [-0.1, -0.05) is 54.6 Å². The van der Waals surface area contributed by atoms with Crippen molar-refractivity contribution in [1.29, 1.82) is 0 Å². The maximum Gasteiger partial charge on any atom is 0.410 e. The lowest BCUT2D eigenvalue weighted by Crippen LogP contribution is -2.49. The van der Waals surface area contributed by atoms with Crippen LogP contribution in [0, 0.1) is 0 Å². The summed E-state index contributed by atoms with van der Waals surface area (Å²) in [4.78, 5) is 46.6. The molecular formula is C28H26N4O6S. The molecule has 200 valence electrons. The molecule has 2 N–H and O–H groups in total. The molecule has 0 spiro atoms. The Bertz CT molecular complexity index is 1580. The summed E-state index contributed by atoms with van der Waals surface area (Å²) in [5.41, 5.74) is 1.97. The number of nitrogens with zero attached hydrogens (tertiary/aromatic N) is 3. The molecule has 0 saturated carbocycles. The molecule has 0 aromatic heterocycles. The number of benzene rings is 3. The highest BCUT2D eigenvalue weighted by Gasteiger charge is 2.34. The molecule has 0 atom stereocenters. The zero-order chi connectivity index (χ0) is 27.6. The van der Waals surface area contributed by atoms with Gasteiger partial charge in [0, 0.05) is 37.3 Å². The van der Waals surface area contributed by atoms with E-state index < -0.39 is 21.6 Å². The average Bonchev–Trinajstić information content (AvgIpc) is 2.94. The van der Waals surface area contributed by atoms with Crippen molar-refractivity contribution in [2.75, 3.05) is 31.1 Å². The first kappa shape index (κ1) is 26.3. The van der Waals surface area contributed by atoms with Crippen molar-refractivity contribution >= 4 is 44.8 Å². The number of sulfonamides is 1. The Balaban J connectivity index is 1.31. The maximum absolute atomic E-state index is 13.2. The zero-order valence-electron chi connectivity index (χ0n) is 20.9. The largest absolute Gasteiger partial charge is 0.445 e. The molecule has 10 nitrogen and oxygen atoms in total. The molecule has 1 fully saturated rings. The lowest BCUT2D eigenvalue weighted by molar-refractivity contribution is 0.0941. The second-order valence-electron chi connectivity index (χ2n) is 9.21. The number of primary sulfonamides is 1. The van der Waals surface area contributed by atoms with Gasteiger partial charge in [0.2, 0.25) is 15.8 Å². The number of Topliss-reactive ketones (excluding diaryl/α,β-unsaturated/α-hetero) is 2. The van der Waals surface area contributed by atoms with Crippen molar-refractivity contribution in [3.63, 3.8) is 0 Å². The van der Waals surface area contributed by atoms with Crippen LogP contribution >= 0.6 is 0 Å². The quantitative estimate of drug-likeness (QED) is 0.518. The predicted molar refractivity (Wildman–Crippen MR) is 145 cm³/mol. The van der Waals surface area contributed by atoms with E-state index >= 15 is 0 Å². The van der Waals surface area contributed by atoms with Gasteiger partial charge >= 0.3 is 6.09 Å². The van der Waals surface area contributed by atoms with E-state index in [2.05, 4.69) is 9.89 Å². The van der Waals surface area contributed by atoms with Crippen molar-refractivity contribution in [2.24, 2.45) is 10.1 Å². The Kier molecular flexibility index (Phi) is 7.27. The molecule has 3 aromatic carbocycles. The molecule has 1 heterocycles. The molecule has 0 unspecified atom stereocenters. The highest BCUT2D eigenvalue weighted by Crippen LogP contribution is 2.32. The van der Waals surface area contributed by atoms with Gasteiger partial charge in [0.1, 0.15) is 6.61 Å². The Labute approximate surface area is 225 Å². The van der Waals surface area contributed by atoms with E-state index in [1.165, 1.54) is 18.2 Å². The highest BCUT2D eigenvalue weighted by atomic mass is 32.2. The van der Waals surface area contributed by atoms with Gasteiger partial charge < -0.3 is 14.5 Å². The first-order valence-corrected chi connectivity index (χ1v) is 13.9. The van der Waals surface area contributed by atoms with E-state index in [0.717, 1.165) is 11.3 Å². The van der Waals surface area contributed by atoms with Crippen molar-refractivity contribution in [2.45, 2.75) is 17.9 Å². The molecular weight excluding hydrogens is 520 g/mol. The van der Waals surface area contributed by atoms with Crippen LogP contribution in [0.25, 0.3) is 0 Å². The minimum Gasteiger partial charge on any atom is -0.445 e. The smallest absolute Gasteiger partial charge is 0.410 e. The summed E-state index contributed by atoms with van der Waals surface area (Å²) in [7, 11) is -4.18. The fraction of sp³-hybridized carbons (Fsp3) is 0.214. The second-order valence-corrected chi connectivity index (χ2v) is 10.7. The molecule has 1 aliphatic carbocycles. The van der Waals surface area contributed by atoms with Gasteiger partial charge in [-0.05, 0) is 23.8 Å². The van der Waals surface area contributed by atoms with E-state index in [1.54, 1.807) is 17.0 Å². The number of carbonyl (C=O) groups is 3. The number of ether oxygens (including phenoxy) is 1. The number of piperazine rings is 1. The summed E-state index contributed by atoms with van der Waals surface area (Å²) in [5.74, 6) is -1.05. The first-order valence-electron chi connectivity index (χ1n) is 12.3. The molecule has 5 rings (SSSR count). The lowest BCUT2D eigenvalue weighted by atomic mass is 9.88. The number of rotatable bonds is 5. The van der Waals surface area contributed by atoms with E-state index in [-0.39, 0.29) is 40.9 Å². The molecule has 2 aliphatic rings. The molecule has 1 saturated heterocycles. The molecule has 0 radical (unpaired) electrons. The molecule has 0 bridgehead atoms. The van der Waals surface area contributed by atoms with Crippen molar-refractivity contribution in [3.8, 4) is 0 Å². The van der Waals surface area contributed by atoms with Crippen LogP contribution in [0.1, 0.15) is 32.7 Å². The van der Waals surface area contributed by atoms with E-state index in [4.69, 9.17) is 9.88 Å². The summed E-state index contributed by atoms with van der Waals surface area (Å²) in [6.45, 7) is 2.14. The monoisotopic (exact) mass is 546 g/mol. The number of aliphatic imine (C=N–C) groups is 1. The Hall–Kier alpha value is -4.35. The van der Waals surface area contributed by atoms with Crippen LogP contribution in [-0.2, 0) is 21.4 Å². The lowest BCUT2D eigenvalue weighted by Gasteiger charge is -2.36.